The second-order valence-electron chi connectivity index (χ2n) is 4.46. The van der Waals surface area contributed by atoms with Gasteiger partial charge in [-0.3, -0.25) is 0 Å². The third-order valence-corrected chi connectivity index (χ3v) is 1.78. The molecule has 5 nitrogen and oxygen atoms in total. The monoisotopic (exact) mass is 213 g/mol. The zero-order chi connectivity index (χ0) is 11.3. The van der Waals surface area contributed by atoms with Crippen LogP contribution >= 0.6 is 0 Å². The first-order chi connectivity index (χ1) is 7.01. The van der Waals surface area contributed by atoms with E-state index >= 15 is 0 Å². The van der Waals surface area contributed by atoms with E-state index in [0.29, 0.717) is 18.3 Å². The van der Waals surface area contributed by atoms with Crippen LogP contribution in [-0.4, -0.2) is 29.3 Å². The maximum atomic E-state index is 5.05. The summed E-state index contributed by atoms with van der Waals surface area (Å²) in [5.74, 6) is 1.25. The van der Waals surface area contributed by atoms with Gasteiger partial charge in [-0.25, -0.2) is 0 Å². The molecule has 1 heterocycles. The highest BCUT2D eigenvalue weighted by Crippen LogP contribution is 2.01. The Morgan fingerprint density at radius 3 is 2.73 bits per heavy atom. The van der Waals surface area contributed by atoms with Crippen LogP contribution in [0.1, 0.15) is 32.5 Å². The summed E-state index contributed by atoms with van der Waals surface area (Å²) in [7, 11) is 1.61. The molecule has 0 unspecified atom stereocenters. The second-order valence-corrected chi connectivity index (χ2v) is 4.46. The summed E-state index contributed by atoms with van der Waals surface area (Å²) < 4.78 is 9.95. The Hall–Kier alpha value is -0.940. The first kappa shape index (κ1) is 12.1. The van der Waals surface area contributed by atoms with Crippen molar-refractivity contribution in [3.8, 4) is 0 Å². The molecule has 1 aromatic heterocycles. The van der Waals surface area contributed by atoms with Crippen molar-refractivity contribution in [3.05, 3.63) is 11.7 Å². The lowest BCUT2D eigenvalue weighted by molar-refractivity contribution is 0.174. The standard InChI is InChI=1S/C10H19N3O2/c1-10(2,3)11-6-5-9-12-8(7-14-4)13-15-9/h11H,5-7H2,1-4H3. The van der Waals surface area contributed by atoms with Crippen LogP contribution < -0.4 is 5.32 Å². The van der Waals surface area contributed by atoms with Crippen LogP contribution in [0.25, 0.3) is 0 Å². The SMILES string of the molecule is COCc1noc(CCNC(C)(C)C)n1. The highest BCUT2D eigenvalue weighted by molar-refractivity contribution is 4.85. The zero-order valence-corrected chi connectivity index (χ0v) is 9.83. The van der Waals surface area contributed by atoms with Gasteiger partial charge >= 0.3 is 0 Å². The van der Waals surface area contributed by atoms with Crippen molar-refractivity contribution in [3.63, 3.8) is 0 Å². The third-order valence-electron chi connectivity index (χ3n) is 1.78. The lowest BCUT2D eigenvalue weighted by Gasteiger charge is -2.19. The summed E-state index contributed by atoms with van der Waals surface area (Å²) in [5.41, 5.74) is 0.120. The van der Waals surface area contributed by atoms with Gasteiger partial charge in [-0.2, -0.15) is 4.98 Å². The van der Waals surface area contributed by atoms with Crippen molar-refractivity contribution in [2.45, 2.75) is 39.3 Å². The number of nitrogens with zero attached hydrogens (tertiary/aromatic N) is 2. The smallest absolute Gasteiger partial charge is 0.228 e. The molecule has 86 valence electrons. The van der Waals surface area contributed by atoms with Crippen LogP contribution in [-0.2, 0) is 17.8 Å². The third kappa shape index (κ3) is 4.90. The molecule has 0 aliphatic heterocycles. The minimum Gasteiger partial charge on any atom is -0.377 e. The van der Waals surface area contributed by atoms with Gasteiger partial charge in [-0.05, 0) is 20.8 Å². The molecule has 15 heavy (non-hydrogen) atoms. The molecule has 0 amide bonds. The molecular weight excluding hydrogens is 194 g/mol. The predicted octanol–water partition coefficient (Wildman–Crippen LogP) is 1.15. The molecule has 0 bridgehead atoms. The van der Waals surface area contributed by atoms with E-state index in [1.807, 2.05) is 0 Å². The van der Waals surface area contributed by atoms with Crippen molar-refractivity contribution in [2.24, 2.45) is 0 Å². The van der Waals surface area contributed by atoms with Crippen molar-refractivity contribution in [1.82, 2.24) is 15.5 Å². The van der Waals surface area contributed by atoms with Crippen LogP contribution in [0.2, 0.25) is 0 Å². The first-order valence-electron chi connectivity index (χ1n) is 5.07. The van der Waals surface area contributed by atoms with E-state index in [2.05, 4.69) is 36.2 Å². The van der Waals surface area contributed by atoms with Gasteiger partial charge in [-0.1, -0.05) is 5.16 Å². The second kappa shape index (κ2) is 5.23. The fourth-order valence-corrected chi connectivity index (χ4v) is 1.12. The minimum absolute atomic E-state index is 0.120. The van der Waals surface area contributed by atoms with E-state index in [1.165, 1.54) is 0 Å². The van der Waals surface area contributed by atoms with Gasteiger partial charge in [0.05, 0.1) is 0 Å². The normalized spacial score (nSPS) is 12.0. The maximum Gasteiger partial charge on any atom is 0.228 e. The largest absolute Gasteiger partial charge is 0.377 e. The van der Waals surface area contributed by atoms with Crippen molar-refractivity contribution in [2.75, 3.05) is 13.7 Å². The number of nitrogens with one attached hydrogen (secondary N) is 1. The number of methoxy groups -OCH3 is 1. The first-order valence-corrected chi connectivity index (χ1v) is 5.07. The summed E-state index contributed by atoms with van der Waals surface area (Å²) in [6.45, 7) is 7.60. The summed E-state index contributed by atoms with van der Waals surface area (Å²) in [5, 5.41) is 7.13. The lowest BCUT2D eigenvalue weighted by atomic mass is 10.1. The molecule has 0 aliphatic carbocycles. The van der Waals surface area contributed by atoms with Gasteiger partial charge in [0, 0.05) is 25.6 Å². The molecule has 0 saturated carbocycles. The molecule has 1 N–H and O–H groups in total. The maximum absolute atomic E-state index is 5.05. The van der Waals surface area contributed by atoms with E-state index < -0.39 is 0 Å². The van der Waals surface area contributed by atoms with Gasteiger partial charge in [0.15, 0.2) is 5.82 Å². The Bertz CT molecular complexity index is 291. The van der Waals surface area contributed by atoms with Crippen LogP contribution in [0.3, 0.4) is 0 Å². The Kier molecular flexibility index (Phi) is 4.23. The fourth-order valence-electron chi connectivity index (χ4n) is 1.12. The highest BCUT2D eigenvalue weighted by atomic mass is 16.5. The molecule has 0 saturated heterocycles. The molecule has 5 heteroatoms. The van der Waals surface area contributed by atoms with E-state index in [1.54, 1.807) is 7.11 Å². The van der Waals surface area contributed by atoms with Gasteiger partial charge in [0.1, 0.15) is 6.61 Å². The molecule has 0 spiro atoms. The zero-order valence-electron chi connectivity index (χ0n) is 9.83. The average molecular weight is 213 g/mol. The Balaban J connectivity index is 2.31. The molecule has 0 atom stereocenters. The van der Waals surface area contributed by atoms with Gasteiger partial charge in [0.25, 0.3) is 0 Å². The predicted molar refractivity (Wildman–Crippen MR) is 56.5 cm³/mol. The molecular formula is C10H19N3O2. The van der Waals surface area contributed by atoms with E-state index in [4.69, 9.17) is 9.26 Å². The minimum atomic E-state index is 0.120. The number of rotatable bonds is 5. The van der Waals surface area contributed by atoms with Gasteiger partial charge < -0.3 is 14.6 Å². The van der Waals surface area contributed by atoms with Crippen molar-refractivity contribution < 1.29 is 9.26 Å². The van der Waals surface area contributed by atoms with E-state index in [0.717, 1.165) is 13.0 Å². The van der Waals surface area contributed by atoms with Crippen molar-refractivity contribution in [1.29, 1.82) is 0 Å². The lowest BCUT2D eigenvalue weighted by Crippen LogP contribution is -2.37. The average Bonchev–Trinajstić information content (AvgIpc) is 2.51. The summed E-state index contributed by atoms with van der Waals surface area (Å²) >= 11 is 0. The highest BCUT2D eigenvalue weighted by Gasteiger charge is 2.10. The van der Waals surface area contributed by atoms with E-state index in [9.17, 15) is 0 Å². The number of hydrogen-bond donors (Lipinski definition) is 1. The summed E-state index contributed by atoms with van der Waals surface area (Å²) in [6, 6.07) is 0. The fraction of sp³-hybridized carbons (Fsp3) is 0.800. The Morgan fingerprint density at radius 2 is 2.13 bits per heavy atom. The van der Waals surface area contributed by atoms with Crippen molar-refractivity contribution >= 4 is 0 Å². The van der Waals surface area contributed by atoms with E-state index in [-0.39, 0.29) is 5.54 Å². The molecule has 0 radical (unpaired) electrons. The molecule has 1 aromatic rings. The molecule has 0 aliphatic rings. The van der Waals surface area contributed by atoms with Crippen LogP contribution in [0.4, 0.5) is 0 Å². The number of aromatic nitrogens is 2. The molecule has 0 fully saturated rings. The van der Waals surface area contributed by atoms with Crippen LogP contribution in [0.15, 0.2) is 4.52 Å². The molecule has 0 aromatic carbocycles. The number of hydrogen-bond acceptors (Lipinski definition) is 5. The Morgan fingerprint density at radius 1 is 1.40 bits per heavy atom. The topological polar surface area (TPSA) is 60.2 Å². The Labute approximate surface area is 90.2 Å². The van der Waals surface area contributed by atoms with Crippen LogP contribution in [0, 0.1) is 0 Å². The summed E-state index contributed by atoms with van der Waals surface area (Å²) in [6.07, 6.45) is 0.744. The quantitative estimate of drug-likeness (QED) is 0.795. The van der Waals surface area contributed by atoms with Gasteiger partial charge in [0.2, 0.25) is 5.89 Å². The molecule has 1 rings (SSSR count). The van der Waals surface area contributed by atoms with Gasteiger partial charge in [-0.15, -0.1) is 0 Å². The summed E-state index contributed by atoms with van der Waals surface area (Å²) in [4.78, 5) is 4.18. The van der Waals surface area contributed by atoms with Crippen LogP contribution in [0.5, 0.6) is 0 Å². The number of ether oxygens (including phenoxy) is 1.